The molecule has 0 aliphatic heterocycles. The number of hydrogen-bond donors (Lipinski definition) is 0. The summed E-state index contributed by atoms with van der Waals surface area (Å²) in [7, 11) is 0. The largest absolute Gasteiger partial charge is 0.494 e. The molecule has 0 fully saturated rings. The van der Waals surface area contributed by atoms with Gasteiger partial charge < -0.3 is 9.47 Å². The van der Waals surface area contributed by atoms with Crippen LogP contribution in [0.1, 0.15) is 47.0 Å². The highest BCUT2D eigenvalue weighted by atomic mass is 16.5. The SMILES string of the molecule is CCOc1ccc(OC/C=C(\C)CC/C=C(/C)CC)cc1. The quantitative estimate of drug-likeness (QED) is 0.555. The molecule has 2 heteroatoms. The first-order valence-electron chi connectivity index (χ1n) is 7.82. The fourth-order valence-electron chi connectivity index (χ4n) is 1.87. The summed E-state index contributed by atoms with van der Waals surface area (Å²) in [4.78, 5) is 0. The van der Waals surface area contributed by atoms with Crippen molar-refractivity contribution < 1.29 is 9.47 Å². The molecule has 0 aromatic heterocycles. The predicted molar refractivity (Wildman–Crippen MR) is 90.1 cm³/mol. The predicted octanol–water partition coefficient (Wildman–Crippen LogP) is 5.55. The van der Waals surface area contributed by atoms with Crippen LogP contribution in [-0.2, 0) is 0 Å². The number of rotatable bonds is 9. The van der Waals surface area contributed by atoms with Gasteiger partial charge in [0.15, 0.2) is 0 Å². The van der Waals surface area contributed by atoms with Crippen LogP contribution < -0.4 is 9.47 Å². The van der Waals surface area contributed by atoms with Crippen molar-refractivity contribution >= 4 is 0 Å². The van der Waals surface area contributed by atoms with Crippen LogP contribution in [0.4, 0.5) is 0 Å². The molecule has 0 radical (unpaired) electrons. The van der Waals surface area contributed by atoms with E-state index in [2.05, 4.69) is 32.9 Å². The lowest BCUT2D eigenvalue weighted by Gasteiger charge is -2.06. The van der Waals surface area contributed by atoms with E-state index >= 15 is 0 Å². The third-order valence-corrected chi connectivity index (χ3v) is 3.41. The Labute approximate surface area is 129 Å². The van der Waals surface area contributed by atoms with E-state index in [1.165, 1.54) is 11.1 Å². The molecule has 21 heavy (non-hydrogen) atoms. The summed E-state index contributed by atoms with van der Waals surface area (Å²) in [6.07, 6.45) is 7.84. The minimum atomic E-state index is 0.621. The van der Waals surface area contributed by atoms with E-state index < -0.39 is 0 Å². The van der Waals surface area contributed by atoms with Gasteiger partial charge in [-0.25, -0.2) is 0 Å². The molecule has 0 amide bonds. The van der Waals surface area contributed by atoms with Crippen LogP contribution in [0.15, 0.2) is 47.6 Å². The third kappa shape index (κ3) is 7.60. The second-order valence-corrected chi connectivity index (χ2v) is 5.21. The molecule has 116 valence electrons. The summed E-state index contributed by atoms with van der Waals surface area (Å²) in [5, 5.41) is 0. The smallest absolute Gasteiger partial charge is 0.120 e. The van der Waals surface area contributed by atoms with Crippen LogP contribution in [0.5, 0.6) is 11.5 Å². The first-order chi connectivity index (χ1) is 10.2. The van der Waals surface area contributed by atoms with Crippen LogP contribution in [0, 0.1) is 0 Å². The number of ether oxygens (including phenoxy) is 2. The van der Waals surface area contributed by atoms with Crippen LogP contribution in [-0.4, -0.2) is 13.2 Å². The van der Waals surface area contributed by atoms with Gasteiger partial charge in [0.25, 0.3) is 0 Å². The molecule has 0 bridgehead atoms. The van der Waals surface area contributed by atoms with Crippen LogP contribution in [0.3, 0.4) is 0 Å². The Hall–Kier alpha value is -1.70. The van der Waals surface area contributed by atoms with Gasteiger partial charge in [0.1, 0.15) is 18.1 Å². The minimum Gasteiger partial charge on any atom is -0.494 e. The number of hydrogen-bond acceptors (Lipinski definition) is 2. The molecule has 0 aliphatic rings. The Morgan fingerprint density at radius 1 is 0.905 bits per heavy atom. The molecule has 2 nitrogen and oxygen atoms in total. The Bertz CT molecular complexity index is 455. The molecular formula is C19H28O2. The number of allylic oxidation sites excluding steroid dienone is 3. The molecule has 0 aliphatic carbocycles. The van der Waals surface area contributed by atoms with Gasteiger partial charge in [0.2, 0.25) is 0 Å². The molecule has 0 saturated carbocycles. The van der Waals surface area contributed by atoms with Crippen molar-refractivity contribution in [1.82, 2.24) is 0 Å². The van der Waals surface area contributed by atoms with Crippen molar-refractivity contribution in [2.75, 3.05) is 13.2 Å². The zero-order valence-electron chi connectivity index (χ0n) is 13.8. The maximum atomic E-state index is 5.71. The monoisotopic (exact) mass is 288 g/mol. The van der Waals surface area contributed by atoms with E-state index in [1.54, 1.807) is 0 Å². The van der Waals surface area contributed by atoms with Gasteiger partial charge in [0, 0.05) is 0 Å². The van der Waals surface area contributed by atoms with Gasteiger partial charge in [-0.3, -0.25) is 0 Å². The van der Waals surface area contributed by atoms with Crippen molar-refractivity contribution in [3.8, 4) is 11.5 Å². The van der Waals surface area contributed by atoms with Gasteiger partial charge in [-0.1, -0.05) is 24.1 Å². The Balaban J connectivity index is 2.32. The molecule has 1 aromatic rings. The lowest BCUT2D eigenvalue weighted by atomic mass is 10.1. The fourth-order valence-corrected chi connectivity index (χ4v) is 1.87. The highest BCUT2D eigenvalue weighted by Gasteiger charge is 1.95. The summed E-state index contributed by atoms with van der Waals surface area (Å²) < 4.78 is 11.1. The summed E-state index contributed by atoms with van der Waals surface area (Å²) >= 11 is 0. The Morgan fingerprint density at radius 2 is 1.52 bits per heavy atom. The van der Waals surface area contributed by atoms with Crippen LogP contribution >= 0.6 is 0 Å². The maximum absolute atomic E-state index is 5.71. The van der Waals surface area contributed by atoms with E-state index in [1.807, 2.05) is 31.2 Å². The molecule has 0 N–H and O–H groups in total. The minimum absolute atomic E-state index is 0.621. The summed E-state index contributed by atoms with van der Waals surface area (Å²) in [5.74, 6) is 1.76. The van der Waals surface area contributed by atoms with Crippen molar-refractivity contribution in [3.63, 3.8) is 0 Å². The summed E-state index contributed by atoms with van der Waals surface area (Å²) in [5.41, 5.74) is 2.84. The van der Waals surface area contributed by atoms with Gasteiger partial charge in [-0.15, -0.1) is 0 Å². The van der Waals surface area contributed by atoms with Crippen LogP contribution in [0.25, 0.3) is 0 Å². The van der Waals surface area contributed by atoms with Gasteiger partial charge in [-0.2, -0.15) is 0 Å². The van der Waals surface area contributed by atoms with Crippen molar-refractivity contribution in [2.45, 2.75) is 47.0 Å². The van der Waals surface area contributed by atoms with Gasteiger partial charge in [-0.05, 0) is 70.4 Å². The van der Waals surface area contributed by atoms with Crippen LogP contribution in [0.2, 0.25) is 0 Å². The van der Waals surface area contributed by atoms with Crippen molar-refractivity contribution in [1.29, 1.82) is 0 Å². The Morgan fingerprint density at radius 3 is 2.10 bits per heavy atom. The first kappa shape index (κ1) is 17.4. The van der Waals surface area contributed by atoms with E-state index in [0.717, 1.165) is 30.8 Å². The van der Waals surface area contributed by atoms with Gasteiger partial charge >= 0.3 is 0 Å². The first-order valence-corrected chi connectivity index (χ1v) is 7.82. The molecule has 0 unspecified atom stereocenters. The van der Waals surface area contributed by atoms with E-state index in [4.69, 9.17) is 9.47 Å². The molecule has 0 atom stereocenters. The second-order valence-electron chi connectivity index (χ2n) is 5.21. The zero-order chi connectivity index (χ0) is 15.5. The average molecular weight is 288 g/mol. The van der Waals surface area contributed by atoms with E-state index in [9.17, 15) is 0 Å². The summed E-state index contributed by atoms with van der Waals surface area (Å²) in [6, 6.07) is 7.77. The topological polar surface area (TPSA) is 18.5 Å². The van der Waals surface area contributed by atoms with E-state index in [-0.39, 0.29) is 0 Å². The molecule has 0 saturated heterocycles. The van der Waals surface area contributed by atoms with Crippen molar-refractivity contribution in [2.24, 2.45) is 0 Å². The molecule has 1 rings (SSSR count). The highest BCUT2D eigenvalue weighted by Crippen LogP contribution is 2.17. The molecular weight excluding hydrogens is 260 g/mol. The number of benzene rings is 1. The average Bonchev–Trinajstić information content (AvgIpc) is 2.49. The van der Waals surface area contributed by atoms with Crippen molar-refractivity contribution in [3.05, 3.63) is 47.6 Å². The second kappa shape index (κ2) is 10.1. The highest BCUT2D eigenvalue weighted by molar-refractivity contribution is 5.31. The maximum Gasteiger partial charge on any atom is 0.120 e. The lowest BCUT2D eigenvalue weighted by Crippen LogP contribution is -1.95. The zero-order valence-corrected chi connectivity index (χ0v) is 13.8. The standard InChI is InChI=1S/C19H28O2/c1-5-16(3)8-7-9-17(4)14-15-21-19-12-10-18(11-13-19)20-6-2/h8,10-14H,5-7,9,15H2,1-4H3/b16-8-,17-14+. The molecule has 1 aromatic carbocycles. The lowest BCUT2D eigenvalue weighted by molar-refractivity contribution is 0.336. The molecule has 0 spiro atoms. The fraction of sp³-hybridized carbons (Fsp3) is 0.474. The normalized spacial score (nSPS) is 12.4. The third-order valence-electron chi connectivity index (χ3n) is 3.41. The van der Waals surface area contributed by atoms with E-state index in [0.29, 0.717) is 13.2 Å². The molecule has 0 heterocycles. The Kier molecular flexibility index (Phi) is 8.34. The van der Waals surface area contributed by atoms with Gasteiger partial charge in [0.05, 0.1) is 6.61 Å². The summed E-state index contributed by atoms with van der Waals surface area (Å²) in [6.45, 7) is 9.84.